The van der Waals surface area contributed by atoms with Crippen molar-refractivity contribution in [1.29, 1.82) is 0 Å². The molecule has 0 bridgehead atoms. The highest BCUT2D eigenvalue weighted by Gasteiger charge is 2.24. The van der Waals surface area contributed by atoms with Crippen molar-refractivity contribution in [2.45, 2.75) is 25.1 Å². The van der Waals surface area contributed by atoms with Crippen molar-refractivity contribution in [1.82, 2.24) is 15.1 Å². The van der Waals surface area contributed by atoms with Gasteiger partial charge in [0.2, 0.25) is 5.91 Å². The van der Waals surface area contributed by atoms with Crippen LogP contribution >= 0.6 is 12.6 Å². The Hall–Kier alpha value is -0.260. The largest absolute Gasteiger partial charge is 0.354 e. The van der Waals surface area contributed by atoms with E-state index in [9.17, 15) is 4.79 Å². The van der Waals surface area contributed by atoms with Gasteiger partial charge in [-0.3, -0.25) is 9.69 Å². The highest BCUT2D eigenvalue weighted by Crippen LogP contribution is 2.09. The van der Waals surface area contributed by atoms with E-state index in [1.165, 1.54) is 0 Å². The Kier molecular flexibility index (Phi) is 5.76. The van der Waals surface area contributed by atoms with E-state index >= 15 is 0 Å². The summed E-state index contributed by atoms with van der Waals surface area (Å²) in [5.41, 5.74) is 0. The van der Waals surface area contributed by atoms with Crippen LogP contribution in [-0.2, 0) is 4.79 Å². The molecular formula is C12H25N3OS. The van der Waals surface area contributed by atoms with Crippen LogP contribution in [0.1, 0.15) is 13.8 Å². The number of likely N-dealkylation sites (N-methyl/N-ethyl adjacent to an activating group) is 2. The minimum Gasteiger partial charge on any atom is -0.354 e. The van der Waals surface area contributed by atoms with E-state index in [0.717, 1.165) is 19.6 Å². The van der Waals surface area contributed by atoms with Crippen LogP contribution in [0.2, 0.25) is 0 Å². The van der Waals surface area contributed by atoms with Gasteiger partial charge in [0.1, 0.15) is 0 Å². The Morgan fingerprint density at radius 3 is 2.65 bits per heavy atom. The van der Waals surface area contributed by atoms with Crippen molar-refractivity contribution in [2.75, 3.05) is 40.3 Å². The minimum atomic E-state index is -0.207. The van der Waals surface area contributed by atoms with E-state index in [1.54, 1.807) is 0 Å². The molecule has 1 aliphatic rings. The van der Waals surface area contributed by atoms with E-state index in [2.05, 4.69) is 41.8 Å². The normalized spacial score (nSPS) is 24.9. The van der Waals surface area contributed by atoms with E-state index < -0.39 is 0 Å². The molecule has 0 aliphatic carbocycles. The maximum Gasteiger partial charge on any atom is 0.233 e. The standard InChI is InChI=1S/C12H25N3OS/c1-9(2)11(17)12(16)13-7-10-8-14(3)5-6-15(10)4/h9-11,17H,5-8H2,1-4H3,(H,13,16). The summed E-state index contributed by atoms with van der Waals surface area (Å²) in [6.45, 7) is 7.91. The van der Waals surface area contributed by atoms with Gasteiger partial charge >= 0.3 is 0 Å². The molecule has 1 heterocycles. The molecule has 4 nitrogen and oxygen atoms in total. The van der Waals surface area contributed by atoms with Crippen molar-refractivity contribution >= 4 is 18.5 Å². The molecule has 0 spiro atoms. The number of nitrogens with one attached hydrogen (secondary N) is 1. The summed E-state index contributed by atoms with van der Waals surface area (Å²) in [7, 11) is 4.24. The van der Waals surface area contributed by atoms with Crippen LogP contribution in [0.5, 0.6) is 0 Å². The maximum absolute atomic E-state index is 11.8. The number of hydrogen-bond donors (Lipinski definition) is 2. The third-order valence-electron chi connectivity index (χ3n) is 3.39. The molecule has 1 fully saturated rings. The van der Waals surface area contributed by atoms with Crippen LogP contribution in [-0.4, -0.2) is 67.3 Å². The zero-order chi connectivity index (χ0) is 13.0. The predicted octanol–water partition coefficient (Wildman–Crippen LogP) is 0.303. The first kappa shape index (κ1) is 14.8. The van der Waals surface area contributed by atoms with E-state index in [4.69, 9.17) is 0 Å². The fraction of sp³-hybridized carbons (Fsp3) is 0.917. The van der Waals surface area contributed by atoms with Crippen LogP contribution < -0.4 is 5.32 Å². The lowest BCUT2D eigenvalue weighted by Gasteiger charge is -2.37. The van der Waals surface area contributed by atoms with Gasteiger partial charge < -0.3 is 10.2 Å². The molecule has 0 aromatic rings. The first-order valence-electron chi connectivity index (χ1n) is 6.26. The van der Waals surface area contributed by atoms with E-state index in [0.29, 0.717) is 12.6 Å². The second kappa shape index (κ2) is 6.61. The molecule has 1 N–H and O–H groups in total. The van der Waals surface area contributed by atoms with Gasteiger partial charge in [-0.1, -0.05) is 13.8 Å². The van der Waals surface area contributed by atoms with Crippen LogP contribution in [0, 0.1) is 5.92 Å². The maximum atomic E-state index is 11.8. The lowest BCUT2D eigenvalue weighted by Crippen LogP contribution is -2.55. The number of rotatable bonds is 4. The third-order valence-corrected chi connectivity index (χ3v) is 4.22. The van der Waals surface area contributed by atoms with Crippen molar-refractivity contribution in [3.63, 3.8) is 0 Å². The molecule has 2 atom stereocenters. The molecule has 0 radical (unpaired) electrons. The average Bonchev–Trinajstić information content (AvgIpc) is 2.28. The Labute approximate surface area is 110 Å². The summed E-state index contributed by atoms with van der Waals surface area (Å²) in [6, 6.07) is 0.408. The monoisotopic (exact) mass is 259 g/mol. The third kappa shape index (κ3) is 4.48. The van der Waals surface area contributed by atoms with Gasteiger partial charge in [-0.25, -0.2) is 0 Å². The molecular weight excluding hydrogens is 234 g/mol. The summed E-state index contributed by atoms with van der Waals surface area (Å²) in [6.07, 6.45) is 0. The summed E-state index contributed by atoms with van der Waals surface area (Å²) >= 11 is 4.32. The van der Waals surface area contributed by atoms with Gasteiger partial charge in [-0.15, -0.1) is 0 Å². The van der Waals surface area contributed by atoms with E-state index in [1.807, 2.05) is 13.8 Å². The van der Waals surface area contributed by atoms with Crippen molar-refractivity contribution in [3.05, 3.63) is 0 Å². The fourth-order valence-corrected chi connectivity index (χ4v) is 2.04. The van der Waals surface area contributed by atoms with Gasteiger partial charge in [0.05, 0.1) is 5.25 Å². The summed E-state index contributed by atoms with van der Waals surface area (Å²) < 4.78 is 0. The van der Waals surface area contributed by atoms with Crippen LogP contribution in [0.3, 0.4) is 0 Å². The number of thiol groups is 1. The summed E-state index contributed by atoms with van der Waals surface area (Å²) in [5.74, 6) is 0.315. The summed E-state index contributed by atoms with van der Waals surface area (Å²) in [4.78, 5) is 16.4. The number of nitrogens with zero attached hydrogens (tertiary/aromatic N) is 2. The number of piperazine rings is 1. The molecule has 2 unspecified atom stereocenters. The SMILES string of the molecule is CC(C)C(S)C(=O)NCC1CN(C)CCN1C. The second-order valence-corrected chi connectivity index (χ2v) is 5.89. The Morgan fingerprint density at radius 2 is 2.06 bits per heavy atom. The predicted molar refractivity (Wildman–Crippen MR) is 74.5 cm³/mol. The van der Waals surface area contributed by atoms with Gasteiger partial charge in [0, 0.05) is 32.2 Å². The van der Waals surface area contributed by atoms with E-state index in [-0.39, 0.29) is 17.1 Å². The molecule has 1 saturated heterocycles. The molecule has 1 aliphatic heterocycles. The van der Waals surface area contributed by atoms with Crippen molar-refractivity contribution < 1.29 is 4.79 Å². The van der Waals surface area contributed by atoms with Gasteiger partial charge in [-0.05, 0) is 20.0 Å². The van der Waals surface area contributed by atoms with Crippen molar-refractivity contribution in [3.8, 4) is 0 Å². The zero-order valence-corrected chi connectivity index (χ0v) is 12.2. The molecule has 17 heavy (non-hydrogen) atoms. The smallest absolute Gasteiger partial charge is 0.233 e. The molecule has 0 aromatic carbocycles. The molecule has 5 heteroatoms. The van der Waals surface area contributed by atoms with Crippen LogP contribution in [0.4, 0.5) is 0 Å². The number of amides is 1. The average molecular weight is 259 g/mol. The Bertz CT molecular complexity index is 260. The highest BCUT2D eigenvalue weighted by molar-refractivity contribution is 7.81. The molecule has 1 amide bonds. The second-order valence-electron chi connectivity index (χ2n) is 5.33. The van der Waals surface area contributed by atoms with Crippen LogP contribution in [0.15, 0.2) is 0 Å². The fourth-order valence-electron chi connectivity index (χ4n) is 1.95. The molecule has 0 aromatic heterocycles. The lowest BCUT2D eigenvalue weighted by atomic mass is 10.1. The van der Waals surface area contributed by atoms with Gasteiger partial charge in [0.25, 0.3) is 0 Å². The Balaban J connectivity index is 2.36. The number of carbonyl (C=O) groups is 1. The van der Waals surface area contributed by atoms with Crippen LogP contribution in [0.25, 0.3) is 0 Å². The minimum absolute atomic E-state index is 0.0463. The Morgan fingerprint density at radius 1 is 1.41 bits per heavy atom. The first-order chi connectivity index (χ1) is 7.91. The topological polar surface area (TPSA) is 35.6 Å². The van der Waals surface area contributed by atoms with Gasteiger partial charge in [-0.2, -0.15) is 12.6 Å². The highest BCUT2D eigenvalue weighted by atomic mass is 32.1. The molecule has 0 saturated carbocycles. The van der Waals surface area contributed by atoms with Crippen molar-refractivity contribution in [2.24, 2.45) is 5.92 Å². The number of carbonyl (C=O) groups excluding carboxylic acids is 1. The summed E-state index contributed by atoms with van der Waals surface area (Å²) in [5, 5.41) is 2.79. The number of hydrogen-bond acceptors (Lipinski definition) is 4. The zero-order valence-electron chi connectivity index (χ0n) is 11.3. The first-order valence-corrected chi connectivity index (χ1v) is 6.78. The molecule has 100 valence electrons. The van der Waals surface area contributed by atoms with Gasteiger partial charge in [0.15, 0.2) is 0 Å². The quantitative estimate of drug-likeness (QED) is 0.713. The molecule has 1 rings (SSSR count). The lowest BCUT2D eigenvalue weighted by molar-refractivity contribution is -0.121.